The van der Waals surface area contributed by atoms with Crippen molar-refractivity contribution in [1.29, 1.82) is 0 Å². The lowest BCUT2D eigenvalue weighted by Crippen LogP contribution is -2.32. The molecule has 0 aliphatic carbocycles. The van der Waals surface area contributed by atoms with Gasteiger partial charge in [-0.25, -0.2) is 0 Å². The highest BCUT2D eigenvalue weighted by atomic mass is 16.5. The van der Waals surface area contributed by atoms with Gasteiger partial charge in [0.05, 0.1) is 30.7 Å². The Morgan fingerprint density at radius 3 is 2.87 bits per heavy atom. The molecule has 7 nitrogen and oxygen atoms in total. The maximum atomic E-state index is 12.6. The summed E-state index contributed by atoms with van der Waals surface area (Å²) in [6.45, 7) is 3.21. The van der Waals surface area contributed by atoms with Crippen molar-refractivity contribution in [3.8, 4) is 0 Å². The quantitative estimate of drug-likeness (QED) is 0.504. The van der Waals surface area contributed by atoms with Crippen LogP contribution in [0.5, 0.6) is 0 Å². The first-order valence-corrected chi connectivity index (χ1v) is 7.48. The van der Waals surface area contributed by atoms with Crippen LogP contribution < -0.4 is 16.5 Å². The molecule has 1 heterocycles. The van der Waals surface area contributed by atoms with Crippen LogP contribution in [0, 0.1) is 0 Å². The molecule has 0 fully saturated rings. The molecule has 0 aliphatic rings. The van der Waals surface area contributed by atoms with Gasteiger partial charge in [0.2, 0.25) is 5.43 Å². The fraction of sp³-hybridized carbons (Fsp3) is 0.375. The summed E-state index contributed by atoms with van der Waals surface area (Å²) in [5.41, 5.74) is 6.66. The number of anilines is 1. The lowest BCUT2D eigenvalue weighted by Gasteiger charge is -2.13. The molecule has 2 aromatic rings. The Labute approximate surface area is 133 Å². The number of nitrogens with zero attached hydrogens (tertiary/aromatic N) is 1. The van der Waals surface area contributed by atoms with Gasteiger partial charge in [-0.05, 0) is 19.1 Å². The number of carbonyl (C=O) groups excluding carboxylic acids is 1. The van der Waals surface area contributed by atoms with Gasteiger partial charge < -0.3 is 25.5 Å². The van der Waals surface area contributed by atoms with Crippen molar-refractivity contribution in [2.24, 2.45) is 0 Å². The lowest BCUT2D eigenvalue weighted by molar-refractivity contribution is 0.0837. The molecule has 1 aromatic heterocycles. The van der Waals surface area contributed by atoms with Gasteiger partial charge in [-0.2, -0.15) is 0 Å². The van der Waals surface area contributed by atoms with Crippen molar-refractivity contribution in [2.75, 3.05) is 32.1 Å². The number of hydrogen-bond acceptors (Lipinski definition) is 5. The number of ether oxygens (including phenoxy) is 1. The Kier molecular flexibility index (Phi) is 5.72. The molecule has 1 amide bonds. The Morgan fingerprint density at radius 1 is 1.39 bits per heavy atom. The summed E-state index contributed by atoms with van der Waals surface area (Å²) in [6, 6.07) is 5.23. The highest BCUT2D eigenvalue weighted by Gasteiger charge is 2.16. The van der Waals surface area contributed by atoms with Crippen LogP contribution in [-0.4, -0.2) is 41.9 Å². The molecule has 124 valence electrons. The minimum absolute atomic E-state index is 0.0550. The molecule has 0 atom stereocenters. The van der Waals surface area contributed by atoms with E-state index in [2.05, 4.69) is 5.32 Å². The molecule has 7 heteroatoms. The number of fused-ring (bicyclic) bond motifs is 1. The van der Waals surface area contributed by atoms with Crippen LogP contribution in [0.2, 0.25) is 0 Å². The van der Waals surface area contributed by atoms with Crippen molar-refractivity contribution in [3.05, 3.63) is 40.2 Å². The number of nitrogens with one attached hydrogen (secondary N) is 1. The summed E-state index contributed by atoms with van der Waals surface area (Å²) < 4.78 is 6.89. The van der Waals surface area contributed by atoms with Gasteiger partial charge >= 0.3 is 0 Å². The van der Waals surface area contributed by atoms with Crippen molar-refractivity contribution >= 4 is 22.5 Å². The first kappa shape index (κ1) is 17.0. The zero-order chi connectivity index (χ0) is 16.8. The molecular weight excluding hydrogens is 298 g/mol. The normalized spacial score (nSPS) is 10.9. The van der Waals surface area contributed by atoms with E-state index in [0.29, 0.717) is 23.1 Å². The van der Waals surface area contributed by atoms with Gasteiger partial charge in [-0.3, -0.25) is 9.59 Å². The van der Waals surface area contributed by atoms with E-state index in [1.165, 1.54) is 0 Å². The molecular formula is C16H21N3O4. The lowest BCUT2D eigenvalue weighted by atomic mass is 10.1. The molecule has 23 heavy (non-hydrogen) atoms. The zero-order valence-electron chi connectivity index (χ0n) is 13.0. The van der Waals surface area contributed by atoms with Crippen molar-refractivity contribution in [3.63, 3.8) is 0 Å². The van der Waals surface area contributed by atoms with E-state index in [1.807, 2.05) is 11.5 Å². The van der Waals surface area contributed by atoms with Gasteiger partial charge in [0.15, 0.2) is 0 Å². The number of aliphatic hydroxyl groups is 1. The highest BCUT2D eigenvalue weighted by Crippen LogP contribution is 2.18. The van der Waals surface area contributed by atoms with Gasteiger partial charge in [0.25, 0.3) is 5.91 Å². The number of amides is 1. The summed E-state index contributed by atoms with van der Waals surface area (Å²) in [5, 5.41) is 11.6. The molecule has 0 saturated heterocycles. The topological polar surface area (TPSA) is 107 Å². The standard InChI is InChI=1S/C16H21N3O4/c1-2-19-10-11(16(22)18-6-8-23-9-7-20)15(21)14-12(17)4-3-5-13(14)19/h3-5,10,20H,2,6-9,17H2,1H3,(H,18,22). The molecule has 2 rings (SSSR count). The van der Waals surface area contributed by atoms with Gasteiger partial charge in [-0.1, -0.05) is 6.07 Å². The third-order valence-corrected chi connectivity index (χ3v) is 3.49. The number of hydrogen-bond donors (Lipinski definition) is 3. The number of nitrogens with two attached hydrogens (primary N) is 1. The van der Waals surface area contributed by atoms with Crippen LogP contribution in [0.4, 0.5) is 5.69 Å². The number of pyridine rings is 1. The van der Waals surface area contributed by atoms with E-state index in [9.17, 15) is 9.59 Å². The number of aromatic nitrogens is 1. The van der Waals surface area contributed by atoms with Gasteiger partial charge in [0, 0.05) is 25.0 Å². The summed E-state index contributed by atoms with van der Waals surface area (Å²) in [4.78, 5) is 24.8. The van der Waals surface area contributed by atoms with E-state index < -0.39 is 5.91 Å². The van der Waals surface area contributed by atoms with Crippen LogP contribution in [-0.2, 0) is 11.3 Å². The molecule has 0 radical (unpaired) electrons. The highest BCUT2D eigenvalue weighted by molar-refractivity contribution is 6.00. The smallest absolute Gasteiger partial charge is 0.256 e. The van der Waals surface area contributed by atoms with Crippen LogP contribution >= 0.6 is 0 Å². The van der Waals surface area contributed by atoms with E-state index in [0.717, 1.165) is 0 Å². The van der Waals surface area contributed by atoms with Crippen molar-refractivity contribution in [2.45, 2.75) is 13.5 Å². The van der Waals surface area contributed by atoms with Crippen molar-refractivity contribution < 1.29 is 14.6 Å². The van der Waals surface area contributed by atoms with E-state index in [4.69, 9.17) is 15.6 Å². The van der Waals surface area contributed by atoms with Crippen LogP contribution in [0.3, 0.4) is 0 Å². The number of rotatable bonds is 7. The van der Waals surface area contributed by atoms with Gasteiger partial charge in [0.1, 0.15) is 5.56 Å². The van der Waals surface area contributed by atoms with E-state index in [-0.39, 0.29) is 37.4 Å². The van der Waals surface area contributed by atoms with E-state index in [1.54, 1.807) is 24.4 Å². The first-order valence-electron chi connectivity index (χ1n) is 7.48. The fourth-order valence-corrected chi connectivity index (χ4v) is 2.38. The van der Waals surface area contributed by atoms with Crippen LogP contribution in [0.25, 0.3) is 10.9 Å². The second-order valence-electron chi connectivity index (χ2n) is 4.99. The Morgan fingerprint density at radius 2 is 2.17 bits per heavy atom. The minimum Gasteiger partial charge on any atom is -0.398 e. The predicted octanol–water partition coefficient (Wildman–Crippen LogP) is 0.342. The molecule has 1 aromatic carbocycles. The Balaban J connectivity index is 2.30. The SMILES string of the molecule is CCn1cc(C(=O)NCCOCCO)c(=O)c2c(N)cccc21. The Bertz CT molecular complexity index is 755. The second-order valence-corrected chi connectivity index (χ2v) is 4.99. The van der Waals surface area contributed by atoms with Gasteiger partial charge in [-0.15, -0.1) is 0 Å². The summed E-state index contributed by atoms with van der Waals surface area (Å²) in [5.74, 6) is -0.463. The minimum atomic E-state index is -0.463. The third kappa shape index (κ3) is 3.69. The van der Waals surface area contributed by atoms with Crippen LogP contribution in [0.1, 0.15) is 17.3 Å². The fourth-order valence-electron chi connectivity index (χ4n) is 2.38. The molecule has 4 N–H and O–H groups in total. The number of nitrogen functional groups attached to an aromatic ring is 1. The predicted molar refractivity (Wildman–Crippen MR) is 88.5 cm³/mol. The average Bonchev–Trinajstić information content (AvgIpc) is 2.55. The molecule has 0 aliphatic heterocycles. The van der Waals surface area contributed by atoms with E-state index >= 15 is 0 Å². The largest absolute Gasteiger partial charge is 0.398 e. The maximum absolute atomic E-state index is 12.6. The summed E-state index contributed by atoms with van der Waals surface area (Å²) in [6.07, 6.45) is 1.55. The summed E-state index contributed by atoms with van der Waals surface area (Å²) >= 11 is 0. The van der Waals surface area contributed by atoms with Crippen LogP contribution in [0.15, 0.2) is 29.2 Å². The number of carbonyl (C=O) groups is 1. The maximum Gasteiger partial charge on any atom is 0.256 e. The first-order chi connectivity index (χ1) is 11.1. The third-order valence-electron chi connectivity index (χ3n) is 3.49. The molecule has 0 bridgehead atoms. The number of benzene rings is 1. The molecule has 0 spiro atoms. The Hall–Kier alpha value is -2.38. The average molecular weight is 319 g/mol. The monoisotopic (exact) mass is 319 g/mol. The van der Waals surface area contributed by atoms with Crippen molar-refractivity contribution in [1.82, 2.24) is 9.88 Å². The number of aryl methyl sites for hydroxylation is 1. The second kappa shape index (κ2) is 7.75. The zero-order valence-corrected chi connectivity index (χ0v) is 13.0. The summed E-state index contributed by atoms with van der Waals surface area (Å²) in [7, 11) is 0. The molecule has 0 unspecified atom stereocenters. The molecule has 0 saturated carbocycles. The number of aliphatic hydroxyl groups excluding tert-OH is 1.